The zero-order valence-corrected chi connectivity index (χ0v) is 13.1. The van der Waals surface area contributed by atoms with E-state index in [0.29, 0.717) is 13.1 Å². The van der Waals surface area contributed by atoms with E-state index in [0.717, 1.165) is 12.8 Å². The maximum atomic E-state index is 12.4. The molecular formula is C18H26N2O2. The Balaban J connectivity index is 1.51. The van der Waals surface area contributed by atoms with Crippen LogP contribution in [-0.2, 0) is 9.53 Å². The summed E-state index contributed by atoms with van der Waals surface area (Å²) in [5.41, 5.74) is 7.46. The number of ether oxygens (including phenoxy) is 1. The Kier molecular flexibility index (Phi) is 5.11. The summed E-state index contributed by atoms with van der Waals surface area (Å²) in [6.07, 6.45) is 6.22. The number of amides is 1. The molecule has 1 saturated carbocycles. The molecule has 1 heterocycles. The van der Waals surface area contributed by atoms with Gasteiger partial charge in [-0.25, -0.2) is 0 Å². The standard InChI is InChI=1S/C18H26N2O2/c19-17-12-20(11-16(17)14-7-3-1-4-8-14)18(21)13-22-15-9-5-2-6-10-15/h1,3-4,7-8,15-17H,2,5-6,9-13,19H2/t16-,17+/m0/s1. The third-order valence-corrected chi connectivity index (χ3v) is 4.94. The highest BCUT2D eigenvalue weighted by atomic mass is 16.5. The second kappa shape index (κ2) is 7.25. The molecule has 1 aliphatic heterocycles. The molecule has 1 saturated heterocycles. The van der Waals surface area contributed by atoms with Gasteiger partial charge in [0.1, 0.15) is 6.61 Å². The number of nitrogens with zero attached hydrogens (tertiary/aromatic N) is 1. The van der Waals surface area contributed by atoms with Gasteiger partial charge in [0.2, 0.25) is 5.91 Å². The monoisotopic (exact) mass is 302 g/mol. The first-order chi connectivity index (χ1) is 10.7. The third-order valence-electron chi connectivity index (χ3n) is 4.94. The van der Waals surface area contributed by atoms with E-state index in [9.17, 15) is 4.79 Å². The molecule has 2 N–H and O–H groups in total. The molecule has 22 heavy (non-hydrogen) atoms. The summed E-state index contributed by atoms with van der Waals surface area (Å²) in [7, 11) is 0. The first-order valence-electron chi connectivity index (χ1n) is 8.44. The minimum Gasteiger partial charge on any atom is -0.368 e. The van der Waals surface area contributed by atoms with Crippen LogP contribution in [0.4, 0.5) is 0 Å². The SMILES string of the molecule is N[C@@H]1CN(C(=O)COC2CCCCC2)C[C@H]1c1ccccc1. The zero-order chi connectivity index (χ0) is 15.4. The largest absolute Gasteiger partial charge is 0.368 e. The van der Waals surface area contributed by atoms with E-state index in [1.165, 1.54) is 24.8 Å². The van der Waals surface area contributed by atoms with Crippen LogP contribution in [0.5, 0.6) is 0 Å². The van der Waals surface area contributed by atoms with Crippen LogP contribution in [0, 0.1) is 0 Å². The predicted molar refractivity (Wildman–Crippen MR) is 86.6 cm³/mol. The Morgan fingerprint density at radius 1 is 1.14 bits per heavy atom. The van der Waals surface area contributed by atoms with Crippen molar-refractivity contribution >= 4 is 5.91 Å². The second-order valence-corrected chi connectivity index (χ2v) is 6.55. The molecule has 2 atom stereocenters. The summed E-state index contributed by atoms with van der Waals surface area (Å²) < 4.78 is 5.80. The lowest BCUT2D eigenvalue weighted by Gasteiger charge is -2.23. The lowest BCUT2D eigenvalue weighted by atomic mass is 9.95. The maximum absolute atomic E-state index is 12.4. The van der Waals surface area contributed by atoms with E-state index >= 15 is 0 Å². The summed E-state index contributed by atoms with van der Waals surface area (Å²) in [5, 5.41) is 0. The Bertz CT molecular complexity index is 485. The van der Waals surface area contributed by atoms with Gasteiger partial charge >= 0.3 is 0 Å². The van der Waals surface area contributed by atoms with E-state index in [2.05, 4.69) is 12.1 Å². The predicted octanol–water partition coefficient (Wildman–Crippen LogP) is 2.29. The van der Waals surface area contributed by atoms with Crippen molar-refractivity contribution in [3.8, 4) is 0 Å². The molecule has 120 valence electrons. The van der Waals surface area contributed by atoms with Gasteiger partial charge in [0.05, 0.1) is 6.10 Å². The molecule has 0 spiro atoms. The van der Waals surface area contributed by atoms with Crippen LogP contribution in [0.1, 0.15) is 43.6 Å². The van der Waals surface area contributed by atoms with E-state index < -0.39 is 0 Å². The molecule has 1 aliphatic carbocycles. The molecule has 1 aromatic carbocycles. The number of benzene rings is 1. The fourth-order valence-corrected chi connectivity index (χ4v) is 3.60. The topological polar surface area (TPSA) is 55.6 Å². The summed E-state index contributed by atoms with van der Waals surface area (Å²) in [6, 6.07) is 10.3. The van der Waals surface area contributed by atoms with Gasteiger partial charge in [0.25, 0.3) is 0 Å². The van der Waals surface area contributed by atoms with E-state index in [-0.39, 0.29) is 30.6 Å². The van der Waals surface area contributed by atoms with Gasteiger partial charge in [0.15, 0.2) is 0 Å². The smallest absolute Gasteiger partial charge is 0.248 e. The van der Waals surface area contributed by atoms with E-state index in [1.807, 2.05) is 23.1 Å². The van der Waals surface area contributed by atoms with Gasteiger partial charge in [0, 0.05) is 25.0 Å². The van der Waals surface area contributed by atoms with Crippen LogP contribution in [0.15, 0.2) is 30.3 Å². The van der Waals surface area contributed by atoms with Gasteiger partial charge < -0.3 is 15.4 Å². The van der Waals surface area contributed by atoms with Gasteiger partial charge in [-0.05, 0) is 18.4 Å². The van der Waals surface area contributed by atoms with Crippen LogP contribution in [0.25, 0.3) is 0 Å². The molecule has 4 nitrogen and oxygen atoms in total. The molecule has 1 aromatic rings. The van der Waals surface area contributed by atoms with Gasteiger partial charge in [-0.3, -0.25) is 4.79 Å². The van der Waals surface area contributed by atoms with Crippen molar-refractivity contribution in [1.82, 2.24) is 4.90 Å². The van der Waals surface area contributed by atoms with Crippen molar-refractivity contribution in [2.24, 2.45) is 5.73 Å². The highest BCUT2D eigenvalue weighted by Gasteiger charge is 2.33. The molecule has 2 aliphatic rings. The Labute approximate surface area is 132 Å². The van der Waals surface area contributed by atoms with Gasteiger partial charge in [-0.1, -0.05) is 49.6 Å². The normalized spacial score (nSPS) is 26.3. The number of nitrogens with two attached hydrogens (primary N) is 1. The van der Waals surface area contributed by atoms with Crippen molar-refractivity contribution < 1.29 is 9.53 Å². The molecule has 0 aromatic heterocycles. The van der Waals surface area contributed by atoms with Crippen LogP contribution in [-0.4, -0.2) is 42.6 Å². The first kappa shape index (κ1) is 15.5. The molecule has 3 rings (SSSR count). The fraction of sp³-hybridized carbons (Fsp3) is 0.611. The van der Waals surface area contributed by atoms with Crippen molar-refractivity contribution in [2.75, 3.05) is 19.7 Å². The van der Waals surface area contributed by atoms with Gasteiger partial charge in [-0.2, -0.15) is 0 Å². The summed E-state index contributed by atoms with van der Waals surface area (Å²) >= 11 is 0. The quantitative estimate of drug-likeness (QED) is 0.928. The molecule has 0 unspecified atom stereocenters. The highest BCUT2D eigenvalue weighted by Crippen LogP contribution is 2.26. The van der Waals surface area contributed by atoms with Crippen LogP contribution < -0.4 is 5.73 Å². The van der Waals surface area contributed by atoms with Crippen LogP contribution in [0.2, 0.25) is 0 Å². The zero-order valence-electron chi connectivity index (χ0n) is 13.1. The van der Waals surface area contributed by atoms with Crippen molar-refractivity contribution in [3.05, 3.63) is 35.9 Å². The van der Waals surface area contributed by atoms with Crippen molar-refractivity contribution in [2.45, 2.75) is 50.2 Å². The highest BCUT2D eigenvalue weighted by molar-refractivity contribution is 5.78. The fourth-order valence-electron chi connectivity index (χ4n) is 3.60. The van der Waals surface area contributed by atoms with Crippen molar-refractivity contribution in [1.29, 1.82) is 0 Å². The molecular weight excluding hydrogens is 276 g/mol. The lowest BCUT2D eigenvalue weighted by molar-refractivity contribution is -0.137. The minimum absolute atomic E-state index is 0.0148. The van der Waals surface area contributed by atoms with E-state index in [4.69, 9.17) is 10.5 Å². The average Bonchev–Trinajstić information content (AvgIpc) is 2.96. The number of carbonyl (C=O) groups excluding carboxylic acids is 1. The molecule has 1 amide bonds. The number of hydrogen-bond donors (Lipinski definition) is 1. The van der Waals surface area contributed by atoms with E-state index in [1.54, 1.807) is 0 Å². The molecule has 0 bridgehead atoms. The van der Waals surface area contributed by atoms with Crippen LogP contribution in [0.3, 0.4) is 0 Å². The first-order valence-corrected chi connectivity index (χ1v) is 8.44. The number of rotatable bonds is 4. The average molecular weight is 302 g/mol. The number of carbonyl (C=O) groups is 1. The minimum atomic E-state index is 0.0148. The Hall–Kier alpha value is -1.39. The Morgan fingerprint density at radius 2 is 1.86 bits per heavy atom. The molecule has 0 radical (unpaired) electrons. The summed E-state index contributed by atoms with van der Waals surface area (Å²) in [4.78, 5) is 14.2. The summed E-state index contributed by atoms with van der Waals surface area (Å²) in [6.45, 7) is 1.54. The number of hydrogen-bond acceptors (Lipinski definition) is 3. The second-order valence-electron chi connectivity index (χ2n) is 6.55. The number of likely N-dealkylation sites (tertiary alicyclic amines) is 1. The summed E-state index contributed by atoms with van der Waals surface area (Å²) in [5.74, 6) is 0.319. The lowest BCUT2D eigenvalue weighted by Crippen LogP contribution is -2.35. The van der Waals surface area contributed by atoms with Crippen LogP contribution >= 0.6 is 0 Å². The third kappa shape index (κ3) is 3.68. The molecule has 4 heteroatoms. The molecule has 2 fully saturated rings. The Morgan fingerprint density at radius 3 is 2.59 bits per heavy atom. The van der Waals surface area contributed by atoms with Crippen molar-refractivity contribution in [3.63, 3.8) is 0 Å². The van der Waals surface area contributed by atoms with Gasteiger partial charge in [-0.15, -0.1) is 0 Å². The maximum Gasteiger partial charge on any atom is 0.248 e.